The molecule has 8 heteroatoms. The van der Waals surface area contributed by atoms with Crippen LogP contribution in [0, 0.1) is 23.5 Å². The van der Waals surface area contributed by atoms with Crippen molar-refractivity contribution in [2.75, 3.05) is 11.5 Å². The van der Waals surface area contributed by atoms with Gasteiger partial charge in [0.25, 0.3) is 0 Å². The Labute approximate surface area is 184 Å². The maximum absolute atomic E-state index is 14.8. The lowest BCUT2D eigenvalue weighted by molar-refractivity contribution is -0.155. The molecule has 32 heavy (non-hydrogen) atoms. The lowest BCUT2D eigenvalue weighted by atomic mass is 9.77. The van der Waals surface area contributed by atoms with Gasteiger partial charge in [-0.3, -0.25) is 19.7 Å². The van der Waals surface area contributed by atoms with Crippen molar-refractivity contribution in [1.82, 2.24) is 5.32 Å². The molecule has 2 amide bonds. The number of esters is 1. The Morgan fingerprint density at radius 3 is 2.38 bits per heavy atom. The maximum Gasteiger partial charge on any atom is 0.327 e. The van der Waals surface area contributed by atoms with Crippen LogP contribution in [0.4, 0.5) is 14.5 Å². The molecule has 0 spiro atoms. The number of carbonyl (C=O) groups is 3. The number of amides is 2. The van der Waals surface area contributed by atoms with Gasteiger partial charge >= 0.3 is 5.97 Å². The second kappa shape index (κ2) is 8.43. The highest BCUT2D eigenvalue weighted by molar-refractivity contribution is 6.24. The molecule has 2 fully saturated rings. The van der Waals surface area contributed by atoms with Crippen LogP contribution in [-0.4, -0.2) is 29.9 Å². The van der Waals surface area contributed by atoms with Crippen LogP contribution in [0.3, 0.4) is 0 Å². The molecule has 0 aliphatic carbocycles. The molecule has 2 aromatic rings. The molecule has 1 N–H and O–H groups in total. The van der Waals surface area contributed by atoms with Gasteiger partial charge in [-0.1, -0.05) is 31.5 Å². The van der Waals surface area contributed by atoms with Gasteiger partial charge in [0.1, 0.15) is 17.2 Å². The molecule has 0 bridgehead atoms. The molecule has 6 nitrogen and oxygen atoms in total. The van der Waals surface area contributed by atoms with E-state index in [9.17, 15) is 23.2 Å². The van der Waals surface area contributed by atoms with Gasteiger partial charge in [0, 0.05) is 11.6 Å². The number of rotatable bonds is 6. The SMILES string of the molecule is CCC[C@]1(C(=O)OCC)N[C@H](c2ccccc2F)[C@H]2C(=O)N(c3ccc(F)cc3)C(=O)[C@H]21. The highest BCUT2D eigenvalue weighted by Crippen LogP contribution is 2.52. The number of hydrogen-bond acceptors (Lipinski definition) is 5. The predicted octanol–water partition coefficient (Wildman–Crippen LogP) is 3.52. The molecule has 0 saturated carbocycles. The highest BCUT2D eigenvalue weighted by Gasteiger charge is 2.68. The third-order valence-electron chi connectivity index (χ3n) is 6.26. The van der Waals surface area contributed by atoms with E-state index in [0.717, 1.165) is 17.0 Å². The maximum atomic E-state index is 14.8. The minimum Gasteiger partial charge on any atom is -0.465 e. The molecule has 2 aliphatic rings. The number of nitrogens with zero attached hydrogens (tertiary/aromatic N) is 1. The molecule has 2 aliphatic heterocycles. The zero-order valence-corrected chi connectivity index (χ0v) is 17.8. The topological polar surface area (TPSA) is 75.7 Å². The van der Waals surface area contributed by atoms with Crippen molar-refractivity contribution in [3.63, 3.8) is 0 Å². The molecule has 0 aromatic heterocycles. The molecule has 2 saturated heterocycles. The van der Waals surface area contributed by atoms with Crippen LogP contribution in [0.1, 0.15) is 38.3 Å². The number of nitrogens with one attached hydrogen (secondary N) is 1. The Hall–Kier alpha value is -3.13. The summed E-state index contributed by atoms with van der Waals surface area (Å²) in [6.45, 7) is 3.61. The van der Waals surface area contributed by atoms with E-state index in [1.165, 1.54) is 30.3 Å². The fraction of sp³-hybridized carbons (Fsp3) is 0.375. The first-order valence-corrected chi connectivity index (χ1v) is 10.7. The van der Waals surface area contributed by atoms with Gasteiger partial charge in [0.15, 0.2) is 0 Å². The number of carbonyl (C=O) groups excluding carboxylic acids is 3. The summed E-state index contributed by atoms with van der Waals surface area (Å²) in [6.07, 6.45) is 0.755. The molecule has 2 aromatic carbocycles. The zero-order chi connectivity index (χ0) is 23.0. The molecule has 0 unspecified atom stereocenters. The zero-order valence-electron chi connectivity index (χ0n) is 17.8. The number of hydrogen-bond donors (Lipinski definition) is 1. The van der Waals surface area contributed by atoms with Crippen LogP contribution in [0.25, 0.3) is 0 Å². The summed E-state index contributed by atoms with van der Waals surface area (Å²) in [7, 11) is 0. The van der Waals surface area contributed by atoms with E-state index in [0.29, 0.717) is 6.42 Å². The van der Waals surface area contributed by atoms with Crippen molar-refractivity contribution in [2.45, 2.75) is 38.3 Å². The number of anilines is 1. The minimum absolute atomic E-state index is 0.0948. The minimum atomic E-state index is -1.48. The van der Waals surface area contributed by atoms with Crippen molar-refractivity contribution in [3.05, 3.63) is 65.7 Å². The third-order valence-corrected chi connectivity index (χ3v) is 6.26. The average molecular weight is 442 g/mol. The van der Waals surface area contributed by atoms with E-state index in [1.807, 2.05) is 6.92 Å². The van der Waals surface area contributed by atoms with Crippen molar-refractivity contribution in [3.8, 4) is 0 Å². The lowest BCUT2D eigenvalue weighted by Gasteiger charge is -2.32. The number of benzene rings is 2. The highest BCUT2D eigenvalue weighted by atomic mass is 19.1. The van der Waals surface area contributed by atoms with E-state index in [4.69, 9.17) is 4.74 Å². The Bertz CT molecular complexity index is 1060. The lowest BCUT2D eigenvalue weighted by Crippen LogP contribution is -2.56. The van der Waals surface area contributed by atoms with Gasteiger partial charge in [-0.05, 0) is 43.7 Å². The summed E-state index contributed by atoms with van der Waals surface area (Å²) in [5, 5.41) is 3.15. The van der Waals surface area contributed by atoms with Crippen LogP contribution in [-0.2, 0) is 19.1 Å². The van der Waals surface area contributed by atoms with Gasteiger partial charge < -0.3 is 4.74 Å². The standard InChI is InChI=1S/C24H24F2N2O4/c1-3-13-24(23(31)32-4-2)19-18(20(27-24)16-7-5-6-8-17(16)26)21(29)28(22(19)30)15-11-9-14(25)10-12-15/h5-12,18-20,27H,3-4,13H2,1-2H3/t18-,19-,20+,24-/m0/s1. The fourth-order valence-corrected chi connectivity index (χ4v) is 5.02. The first-order valence-electron chi connectivity index (χ1n) is 10.7. The fourth-order valence-electron chi connectivity index (χ4n) is 5.02. The van der Waals surface area contributed by atoms with Gasteiger partial charge in [0.05, 0.1) is 24.1 Å². The van der Waals surface area contributed by atoms with E-state index < -0.39 is 52.8 Å². The van der Waals surface area contributed by atoms with E-state index in [-0.39, 0.29) is 24.3 Å². The Balaban J connectivity index is 1.87. The number of ether oxygens (including phenoxy) is 1. The average Bonchev–Trinajstić information content (AvgIpc) is 3.24. The van der Waals surface area contributed by atoms with Gasteiger partial charge in [-0.25, -0.2) is 13.7 Å². The first-order chi connectivity index (χ1) is 15.4. The van der Waals surface area contributed by atoms with E-state index in [2.05, 4.69) is 5.32 Å². The molecule has 4 rings (SSSR count). The first kappa shape index (κ1) is 22.1. The van der Waals surface area contributed by atoms with Gasteiger partial charge in [-0.2, -0.15) is 0 Å². The summed E-state index contributed by atoms with van der Waals surface area (Å²) in [4.78, 5) is 41.3. The van der Waals surface area contributed by atoms with Crippen LogP contribution in [0.2, 0.25) is 0 Å². The second-order valence-electron chi connectivity index (χ2n) is 8.08. The monoisotopic (exact) mass is 442 g/mol. The third kappa shape index (κ3) is 3.30. The summed E-state index contributed by atoms with van der Waals surface area (Å²) >= 11 is 0. The Morgan fingerprint density at radius 1 is 1.06 bits per heavy atom. The molecular formula is C24H24F2N2O4. The summed E-state index contributed by atoms with van der Waals surface area (Å²) in [5.74, 6) is -4.93. The van der Waals surface area contributed by atoms with Gasteiger partial charge in [0.2, 0.25) is 11.8 Å². The summed E-state index contributed by atoms with van der Waals surface area (Å²) in [5.41, 5.74) is -1.08. The molecule has 2 heterocycles. The molecular weight excluding hydrogens is 418 g/mol. The predicted molar refractivity (Wildman–Crippen MR) is 112 cm³/mol. The number of fused-ring (bicyclic) bond motifs is 1. The van der Waals surface area contributed by atoms with Crippen LogP contribution in [0.15, 0.2) is 48.5 Å². The van der Waals surface area contributed by atoms with Crippen molar-refractivity contribution < 1.29 is 27.9 Å². The van der Waals surface area contributed by atoms with Crippen molar-refractivity contribution in [2.24, 2.45) is 11.8 Å². The molecule has 168 valence electrons. The van der Waals surface area contributed by atoms with Crippen LogP contribution in [0.5, 0.6) is 0 Å². The summed E-state index contributed by atoms with van der Waals surface area (Å²) in [6, 6.07) is 10.1. The molecule has 4 atom stereocenters. The van der Waals surface area contributed by atoms with E-state index in [1.54, 1.807) is 13.0 Å². The normalized spacial score (nSPS) is 27.0. The number of halogens is 2. The summed E-state index contributed by atoms with van der Waals surface area (Å²) < 4.78 is 33.5. The smallest absolute Gasteiger partial charge is 0.327 e. The second-order valence-corrected chi connectivity index (χ2v) is 8.08. The Kier molecular flexibility index (Phi) is 5.81. The van der Waals surface area contributed by atoms with Crippen molar-refractivity contribution >= 4 is 23.5 Å². The van der Waals surface area contributed by atoms with Crippen molar-refractivity contribution in [1.29, 1.82) is 0 Å². The largest absolute Gasteiger partial charge is 0.465 e. The van der Waals surface area contributed by atoms with E-state index >= 15 is 0 Å². The quantitative estimate of drug-likeness (QED) is 0.547. The van der Waals surface area contributed by atoms with Crippen LogP contribution >= 0.6 is 0 Å². The van der Waals surface area contributed by atoms with Gasteiger partial charge in [-0.15, -0.1) is 0 Å². The number of imide groups is 1. The molecule has 0 radical (unpaired) electrons. The Morgan fingerprint density at radius 2 is 1.75 bits per heavy atom. The van der Waals surface area contributed by atoms with Crippen LogP contribution < -0.4 is 10.2 Å².